The van der Waals surface area contributed by atoms with Crippen molar-refractivity contribution in [2.45, 2.75) is 26.1 Å². The summed E-state index contributed by atoms with van der Waals surface area (Å²) < 4.78 is 5.56. The molecule has 2 rings (SSSR count). The fraction of sp³-hybridized carbons (Fsp3) is 0.235. The lowest BCUT2D eigenvalue weighted by atomic mass is 10.4. The lowest BCUT2D eigenvalue weighted by Crippen LogP contribution is -2.23. The van der Waals surface area contributed by atoms with Crippen molar-refractivity contribution in [3.05, 3.63) is 60.7 Å². The Kier molecular flexibility index (Phi) is 5.31. The fourth-order valence-electron chi connectivity index (χ4n) is 2.07. The normalized spacial score (nSPS) is 12.2. The largest absolute Gasteiger partial charge is 0.457 e. The van der Waals surface area contributed by atoms with Gasteiger partial charge >= 0.3 is 5.97 Å². The van der Waals surface area contributed by atoms with E-state index in [-0.39, 0.29) is 11.8 Å². The van der Waals surface area contributed by atoms with Crippen LogP contribution in [0.1, 0.15) is 20.3 Å². The Morgan fingerprint density at radius 1 is 1.00 bits per heavy atom. The molecule has 2 nitrogen and oxygen atoms in total. The van der Waals surface area contributed by atoms with E-state index in [1.165, 1.54) is 10.6 Å². The van der Waals surface area contributed by atoms with Gasteiger partial charge in [-0.15, -0.1) is 0 Å². The second-order valence-electron chi connectivity index (χ2n) is 4.48. The van der Waals surface area contributed by atoms with Gasteiger partial charge in [-0.3, -0.25) is 4.79 Å². The maximum absolute atomic E-state index is 11.6. The summed E-state index contributed by atoms with van der Waals surface area (Å²) in [6, 6.07) is 20.6. The topological polar surface area (TPSA) is 26.3 Å². The Morgan fingerprint density at radius 2 is 1.45 bits per heavy atom. The number of esters is 1. The first-order valence-electron chi connectivity index (χ1n) is 6.81. The molecule has 2 aromatic carbocycles. The molecule has 0 saturated heterocycles. The molecule has 0 fully saturated rings. The predicted octanol–water partition coefficient (Wildman–Crippen LogP) is 3.42. The Hall–Kier alpha value is -1.66. The Bertz CT molecular complexity index is 500. The predicted molar refractivity (Wildman–Crippen MR) is 84.9 cm³/mol. The van der Waals surface area contributed by atoms with Crippen LogP contribution < -0.4 is 10.6 Å². The molecular weight excluding hydrogens is 267 g/mol. The van der Waals surface area contributed by atoms with Gasteiger partial charge in [0, 0.05) is 6.42 Å². The highest BCUT2D eigenvalue weighted by Gasteiger charge is 2.23. The molecule has 0 radical (unpaired) electrons. The minimum atomic E-state index is -0.693. The second kappa shape index (κ2) is 7.21. The number of carbonyl (C=O) groups excluding carboxylic acids is 1. The molecule has 20 heavy (non-hydrogen) atoms. The van der Waals surface area contributed by atoms with E-state index in [1.807, 2.05) is 50.2 Å². The van der Waals surface area contributed by atoms with Crippen LogP contribution in [0.2, 0.25) is 0 Å². The Labute approximate surface area is 121 Å². The Morgan fingerprint density at radius 3 is 1.85 bits per heavy atom. The smallest absolute Gasteiger partial charge is 0.306 e. The molecule has 1 atom stereocenters. The number of benzene rings is 2. The highest BCUT2D eigenvalue weighted by Crippen LogP contribution is 2.39. The van der Waals surface area contributed by atoms with E-state index >= 15 is 0 Å². The van der Waals surface area contributed by atoms with Gasteiger partial charge in [-0.2, -0.15) is 0 Å². The zero-order valence-electron chi connectivity index (χ0n) is 11.8. The van der Waals surface area contributed by atoms with E-state index in [4.69, 9.17) is 4.74 Å². The summed E-state index contributed by atoms with van der Waals surface area (Å²) in [5.74, 6) is -0.265. The first-order chi connectivity index (χ1) is 9.72. The quantitative estimate of drug-likeness (QED) is 0.622. The number of ether oxygens (including phenoxy) is 1. The van der Waals surface area contributed by atoms with Gasteiger partial charge in [0.15, 0.2) is 0 Å². The van der Waals surface area contributed by atoms with Crippen molar-refractivity contribution in [3.8, 4) is 0 Å². The lowest BCUT2D eigenvalue weighted by molar-refractivity contribution is -0.144. The number of rotatable bonds is 5. The van der Waals surface area contributed by atoms with Crippen molar-refractivity contribution in [2.24, 2.45) is 0 Å². The molecule has 0 spiro atoms. The van der Waals surface area contributed by atoms with Crippen LogP contribution in [0.4, 0.5) is 0 Å². The second-order valence-corrected chi connectivity index (χ2v) is 6.98. The molecule has 0 saturated carbocycles. The Balaban J connectivity index is 2.32. The van der Waals surface area contributed by atoms with Crippen LogP contribution in [0.5, 0.6) is 0 Å². The molecule has 2 aromatic rings. The summed E-state index contributed by atoms with van der Waals surface area (Å²) in [4.78, 5) is 11.6. The standard InChI is InChI=1S/C17H19O2P/c1-3-17(18)19-14(2)20(15-10-6-4-7-11-15)16-12-8-5-9-13-16/h4-14H,3H2,1-2H3. The average molecular weight is 286 g/mol. The molecule has 0 amide bonds. The van der Waals surface area contributed by atoms with Gasteiger partial charge in [0.25, 0.3) is 0 Å². The van der Waals surface area contributed by atoms with Crippen LogP contribution in [0.25, 0.3) is 0 Å². The summed E-state index contributed by atoms with van der Waals surface area (Å²) in [6.45, 7) is 3.81. The molecule has 0 N–H and O–H groups in total. The van der Waals surface area contributed by atoms with E-state index in [1.54, 1.807) is 0 Å². The molecule has 0 aromatic heterocycles. The van der Waals surface area contributed by atoms with Crippen LogP contribution in [0.3, 0.4) is 0 Å². The summed E-state index contributed by atoms with van der Waals surface area (Å²) in [7, 11) is -0.693. The highest BCUT2D eigenvalue weighted by molar-refractivity contribution is 7.73. The first kappa shape index (κ1) is 14.7. The van der Waals surface area contributed by atoms with E-state index in [9.17, 15) is 4.79 Å². The summed E-state index contributed by atoms with van der Waals surface area (Å²) in [5, 5.41) is 2.45. The van der Waals surface area contributed by atoms with Crippen molar-refractivity contribution in [1.82, 2.24) is 0 Å². The van der Waals surface area contributed by atoms with Crippen molar-refractivity contribution < 1.29 is 9.53 Å². The van der Waals surface area contributed by atoms with Gasteiger partial charge in [0.2, 0.25) is 0 Å². The van der Waals surface area contributed by atoms with E-state index < -0.39 is 7.92 Å². The van der Waals surface area contributed by atoms with Crippen LogP contribution in [0.15, 0.2) is 60.7 Å². The molecule has 0 aliphatic rings. The molecule has 0 aliphatic carbocycles. The van der Waals surface area contributed by atoms with Gasteiger partial charge in [0.1, 0.15) is 5.85 Å². The van der Waals surface area contributed by atoms with Crippen LogP contribution in [-0.4, -0.2) is 11.8 Å². The lowest BCUT2D eigenvalue weighted by Gasteiger charge is -2.25. The van der Waals surface area contributed by atoms with Gasteiger partial charge in [-0.25, -0.2) is 0 Å². The van der Waals surface area contributed by atoms with Gasteiger partial charge < -0.3 is 4.74 Å². The van der Waals surface area contributed by atoms with Gasteiger partial charge in [0.05, 0.1) is 0 Å². The zero-order chi connectivity index (χ0) is 14.4. The minimum absolute atomic E-state index is 0.123. The first-order valence-corrected chi connectivity index (χ1v) is 8.22. The number of hydrogen-bond acceptors (Lipinski definition) is 2. The SMILES string of the molecule is CCC(=O)OC(C)P(c1ccccc1)c1ccccc1. The van der Waals surface area contributed by atoms with Crippen molar-refractivity contribution >= 4 is 24.5 Å². The van der Waals surface area contributed by atoms with Crippen LogP contribution in [0, 0.1) is 0 Å². The van der Waals surface area contributed by atoms with E-state index in [0.29, 0.717) is 6.42 Å². The van der Waals surface area contributed by atoms with Crippen molar-refractivity contribution in [2.75, 3.05) is 0 Å². The molecule has 0 bridgehead atoms. The summed E-state index contributed by atoms with van der Waals surface area (Å²) in [5.41, 5.74) is 0. The molecule has 3 heteroatoms. The number of carbonyl (C=O) groups is 1. The maximum Gasteiger partial charge on any atom is 0.306 e. The molecule has 0 aliphatic heterocycles. The molecular formula is C17H19O2P. The maximum atomic E-state index is 11.6. The fourth-order valence-corrected chi connectivity index (χ4v) is 4.42. The third-order valence-corrected chi connectivity index (χ3v) is 5.56. The third kappa shape index (κ3) is 3.68. The van der Waals surface area contributed by atoms with Gasteiger partial charge in [-0.1, -0.05) is 67.6 Å². The van der Waals surface area contributed by atoms with Gasteiger partial charge in [-0.05, 0) is 25.5 Å². The number of hydrogen-bond donors (Lipinski definition) is 0. The summed E-state index contributed by atoms with van der Waals surface area (Å²) >= 11 is 0. The minimum Gasteiger partial charge on any atom is -0.457 e. The van der Waals surface area contributed by atoms with Crippen molar-refractivity contribution in [1.29, 1.82) is 0 Å². The van der Waals surface area contributed by atoms with E-state index in [0.717, 1.165) is 0 Å². The highest BCUT2D eigenvalue weighted by atomic mass is 31.1. The van der Waals surface area contributed by atoms with Crippen molar-refractivity contribution in [3.63, 3.8) is 0 Å². The average Bonchev–Trinajstić information content (AvgIpc) is 2.49. The monoisotopic (exact) mass is 286 g/mol. The zero-order valence-corrected chi connectivity index (χ0v) is 12.7. The third-order valence-electron chi connectivity index (χ3n) is 3.02. The van der Waals surface area contributed by atoms with Crippen LogP contribution in [-0.2, 0) is 9.53 Å². The summed E-state index contributed by atoms with van der Waals surface area (Å²) in [6.07, 6.45) is 0.414. The van der Waals surface area contributed by atoms with E-state index in [2.05, 4.69) is 24.3 Å². The molecule has 104 valence electrons. The molecule has 1 unspecified atom stereocenters. The molecule has 0 heterocycles. The van der Waals surface area contributed by atoms with Crippen LogP contribution >= 0.6 is 7.92 Å².